The Hall–Kier alpha value is -0.600. The Morgan fingerprint density at radius 1 is 0.864 bits per heavy atom. The number of hydrogen-bond acceptors (Lipinski definition) is 0. The molecule has 0 nitrogen and oxygen atoms in total. The molecule has 2 aromatic rings. The second kappa shape index (κ2) is 4.95. The van der Waals surface area contributed by atoms with Crippen molar-refractivity contribution in [2.45, 2.75) is 50.4 Å². The average molecular weight is 420 g/mol. The molecule has 0 saturated heterocycles. The van der Waals surface area contributed by atoms with Crippen molar-refractivity contribution in [2.75, 3.05) is 0 Å². The molecule has 0 amide bonds. The van der Waals surface area contributed by atoms with Crippen LogP contribution in [0.1, 0.15) is 50.7 Å². The molecule has 0 bridgehead atoms. The third kappa shape index (κ3) is 1.74. The third-order valence-electron chi connectivity index (χ3n) is 5.96. The quantitative estimate of drug-likeness (QED) is 0.503. The minimum absolute atomic E-state index is 0.343. The highest BCUT2D eigenvalue weighted by molar-refractivity contribution is 9.10. The summed E-state index contributed by atoms with van der Waals surface area (Å²) in [6.07, 6.45) is 5.06. The van der Waals surface area contributed by atoms with E-state index in [2.05, 4.69) is 82.1 Å². The Kier molecular flexibility index (Phi) is 3.36. The van der Waals surface area contributed by atoms with Gasteiger partial charge in [-0.05, 0) is 65.8 Å². The van der Waals surface area contributed by atoms with Gasteiger partial charge < -0.3 is 0 Å². The summed E-state index contributed by atoms with van der Waals surface area (Å²) in [5.74, 6) is 0. The summed E-state index contributed by atoms with van der Waals surface area (Å²) in [7, 11) is 0. The van der Waals surface area contributed by atoms with Crippen LogP contribution in [0.3, 0.4) is 0 Å². The number of rotatable bonds is 3. The van der Waals surface area contributed by atoms with E-state index >= 15 is 0 Å². The highest BCUT2D eigenvalue weighted by atomic mass is 79.9. The molecule has 0 aliphatic heterocycles. The van der Waals surface area contributed by atoms with Gasteiger partial charge in [-0.1, -0.05) is 64.3 Å². The van der Waals surface area contributed by atoms with E-state index in [0.717, 1.165) is 0 Å². The first kappa shape index (κ1) is 15.0. The fraction of sp³-hybridized carbons (Fsp3) is 0.400. The second-order valence-corrected chi connectivity index (χ2v) is 8.66. The van der Waals surface area contributed by atoms with Crippen LogP contribution in [0, 0.1) is 0 Å². The lowest BCUT2D eigenvalue weighted by molar-refractivity contribution is 0.479. The molecule has 2 aliphatic carbocycles. The zero-order valence-corrected chi connectivity index (χ0v) is 16.2. The molecule has 1 fully saturated rings. The van der Waals surface area contributed by atoms with Gasteiger partial charge in [0.15, 0.2) is 0 Å². The maximum atomic E-state index is 3.70. The zero-order valence-electron chi connectivity index (χ0n) is 13.0. The van der Waals surface area contributed by atoms with E-state index in [9.17, 15) is 0 Å². The molecule has 1 saturated carbocycles. The normalized spacial score (nSPS) is 27.8. The molecule has 2 aliphatic rings. The molecule has 114 valence electrons. The lowest BCUT2D eigenvalue weighted by Gasteiger charge is -2.35. The molecule has 0 aromatic heterocycles. The lowest BCUT2D eigenvalue weighted by Crippen LogP contribution is -2.27. The van der Waals surface area contributed by atoms with E-state index in [0.29, 0.717) is 10.8 Å². The number of halogens is 2. The van der Waals surface area contributed by atoms with Crippen LogP contribution >= 0.6 is 31.9 Å². The van der Waals surface area contributed by atoms with Gasteiger partial charge in [0.25, 0.3) is 0 Å². The van der Waals surface area contributed by atoms with Gasteiger partial charge in [-0.2, -0.15) is 0 Å². The third-order valence-corrected chi connectivity index (χ3v) is 6.95. The van der Waals surface area contributed by atoms with Crippen LogP contribution < -0.4 is 0 Å². The van der Waals surface area contributed by atoms with Crippen molar-refractivity contribution >= 4 is 31.9 Å². The van der Waals surface area contributed by atoms with Crippen LogP contribution in [-0.2, 0) is 10.8 Å². The van der Waals surface area contributed by atoms with Gasteiger partial charge in [-0.25, -0.2) is 0 Å². The van der Waals surface area contributed by atoms with Crippen LogP contribution in [-0.4, -0.2) is 0 Å². The monoisotopic (exact) mass is 418 g/mol. The van der Waals surface area contributed by atoms with Gasteiger partial charge >= 0.3 is 0 Å². The van der Waals surface area contributed by atoms with Gasteiger partial charge in [-0.15, -0.1) is 0 Å². The summed E-state index contributed by atoms with van der Waals surface area (Å²) in [5.41, 5.74) is 6.71. The van der Waals surface area contributed by atoms with Crippen molar-refractivity contribution in [1.29, 1.82) is 0 Å². The molecule has 0 N–H and O–H groups in total. The molecular formula is C20H20Br2. The first-order valence-electron chi connectivity index (χ1n) is 8.18. The number of benzene rings is 2. The Balaban J connectivity index is 2.06. The number of hydrogen-bond donors (Lipinski definition) is 0. The summed E-state index contributed by atoms with van der Waals surface area (Å²) in [6, 6.07) is 13.7. The van der Waals surface area contributed by atoms with Gasteiger partial charge in [-0.3, -0.25) is 0 Å². The number of fused-ring (bicyclic) bond motifs is 6. The topological polar surface area (TPSA) is 0 Å². The zero-order chi connectivity index (χ0) is 15.5. The second-order valence-electron chi connectivity index (χ2n) is 6.82. The van der Waals surface area contributed by atoms with E-state index < -0.39 is 0 Å². The molecule has 4 rings (SSSR count). The Morgan fingerprint density at radius 3 is 1.91 bits per heavy atom. The van der Waals surface area contributed by atoms with Crippen LogP contribution in [0.25, 0.3) is 11.1 Å². The molecule has 0 heterocycles. The molecule has 2 aromatic carbocycles. The Morgan fingerprint density at radius 2 is 1.41 bits per heavy atom. The summed E-state index contributed by atoms with van der Waals surface area (Å²) in [4.78, 5) is 0. The summed E-state index contributed by atoms with van der Waals surface area (Å²) in [6.45, 7) is 4.69. The van der Waals surface area contributed by atoms with Crippen molar-refractivity contribution in [2.24, 2.45) is 0 Å². The predicted octanol–water partition coefficient (Wildman–Crippen LogP) is 6.98. The summed E-state index contributed by atoms with van der Waals surface area (Å²) in [5, 5.41) is 0. The van der Waals surface area contributed by atoms with E-state index in [1.165, 1.54) is 45.8 Å². The maximum absolute atomic E-state index is 3.70. The smallest absolute Gasteiger partial charge is 0.0178 e. The van der Waals surface area contributed by atoms with Crippen molar-refractivity contribution in [3.63, 3.8) is 0 Å². The Bertz CT molecular complexity index is 764. The van der Waals surface area contributed by atoms with Crippen LogP contribution in [0.15, 0.2) is 45.3 Å². The molecule has 0 unspecified atom stereocenters. The van der Waals surface area contributed by atoms with Crippen LogP contribution in [0.4, 0.5) is 0 Å². The average Bonchev–Trinajstić information content (AvgIpc) is 3.19. The molecular weight excluding hydrogens is 400 g/mol. The standard InChI is InChI=1S/C20H20Br2/c1-3-9-20-12-19(20,4-2)17-10-13(21)5-7-15(17)16-8-6-14(22)11-18(16)20/h5-8,10-11H,3-4,9,12H2,1-2H3/t19-,20+/m1/s1. The molecule has 22 heavy (non-hydrogen) atoms. The predicted molar refractivity (Wildman–Crippen MR) is 100 cm³/mol. The maximum Gasteiger partial charge on any atom is 0.0178 e. The fourth-order valence-corrected chi connectivity index (χ4v) is 5.74. The molecule has 2 heteroatoms. The fourth-order valence-electron chi connectivity index (χ4n) is 5.01. The highest BCUT2D eigenvalue weighted by Gasteiger charge is 2.69. The summed E-state index contributed by atoms with van der Waals surface area (Å²) < 4.78 is 2.41. The first-order chi connectivity index (χ1) is 10.6. The Labute approximate surface area is 149 Å². The van der Waals surface area contributed by atoms with Gasteiger partial charge in [0.1, 0.15) is 0 Å². The van der Waals surface area contributed by atoms with E-state index in [-0.39, 0.29) is 0 Å². The first-order valence-corrected chi connectivity index (χ1v) is 9.77. The van der Waals surface area contributed by atoms with E-state index in [1.807, 2.05) is 0 Å². The van der Waals surface area contributed by atoms with Gasteiger partial charge in [0, 0.05) is 19.8 Å². The minimum atomic E-state index is 0.343. The van der Waals surface area contributed by atoms with Crippen molar-refractivity contribution in [3.8, 4) is 11.1 Å². The highest BCUT2D eigenvalue weighted by Crippen LogP contribution is 2.74. The summed E-state index contributed by atoms with van der Waals surface area (Å²) >= 11 is 7.39. The van der Waals surface area contributed by atoms with Gasteiger partial charge in [0.05, 0.1) is 0 Å². The molecule has 2 atom stereocenters. The van der Waals surface area contributed by atoms with Crippen molar-refractivity contribution in [1.82, 2.24) is 0 Å². The van der Waals surface area contributed by atoms with Gasteiger partial charge in [0.2, 0.25) is 0 Å². The lowest BCUT2D eigenvalue weighted by atomic mass is 9.69. The van der Waals surface area contributed by atoms with Crippen molar-refractivity contribution < 1.29 is 0 Å². The van der Waals surface area contributed by atoms with Crippen LogP contribution in [0.5, 0.6) is 0 Å². The van der Waals surface area contributed by atoms with Crippen LogP contribution in [0.2, 0.25) is 0 Å². The minimum Gasteiger partial charge on any atom is -0.0654 e. The molecule has 0 spiro atoms. The molecule has 0 radical (unpaired) electrons. The SMILES string of the molecule is CCC[C@@]12C[C@]1(CC)c1cc(Br)ccc1-c1ccc(Br)cc12. The van der Waals surface area contributed by atoms with E-state index in [1.54, 1.807) is 11.1 Å². The van der Waals surface area contributed by atoms with Crippen molar-refractivity contribution in [3.05, 3.63) is 56.5 Å². The largest absolute Gasteiger partial charge is 0.0654 e. The van der Waals surface area contributed by atoms with E-state index in [4.69, 9.17) is 0 Å².